The van der Waals surface area contributed by atoms with Gasteiger partial charge in [-0.2, -0.15) is 0 Å². The van der Waals surface area contributed by atoms with Crippen LogP contribution in [0.4, 0.5) is 0 Å². The lowest BCUT2D eigenvalue weighted by Crippen LogP contribution is -2.67. The quantitative estimate of drug-likeness (QED) is 0.0252. The fraction of sp³-hybridized carbons (Fsp3) is 1.00. The fourth-order valence-electron chi connectivity index (χ4n) is 17.2. The van der Waals surface area contributed by atoms with E-state index in [1.807, 2.05) is 0 Å². The van der Waals surface area contributed by atoms with Gasteiger partial charge in [-0.05, 0) is 409 Å². The van der Waals surface area contributed by atoms with Crippen LogP contribution in [0.15, 0.2) is 0 Å². The summed E-state index contributed by atoms with van der Waals surface area (Å²) in [7, 11) is -64.4. The maximum Gasteiger partial charge on any atom is 0.636 e. The molecular formula is C80H204O28Si21. The molecule has 0 spiro atoms. The maximum absolute atomic E-state index is 10.4. The van der Waals surface area contributed by atoms with E-state index in [1.54, 1.807) is 0 Å². The molecule has 0 unspecified atom stereocenters. The van der Waals surface area contributed by atoms with Crippen molar-refractivity contribution in [2.45, 2.75) is 433 Å². The molecule has 0 aliphatic carbocycles. The molecule has 0 heterocycles. The fourth-order valence-corrected chi connectivity index (χ4v) is 110. The van der Waals surface area contributed by atoms with Gasteiger partial charge in [0.25, 0.3) is 0 Å². The van der Waals surface area contributed by atoms with E-state index < -0.39 is 177 Å². The van der Waals surface area contributed by atoms with Gasteiger partial charge in [0.15, 0.2) is 133 Å². The molecule has 0 saturated carbocycles. The average molecular weight is 2200 g/mol. The molecule has 0 bridgehead atoms. The van der Waals surface area contributed by atoms with E-state index in [4.69, 9.17) is 65.8 Å². The van der Waals surface area contributed by atoms with Crippen LogP contribution in [0.5, 0.6) is 0 Å². The summed E-state index contributed by atoms with van der Waals surface area (Å²) in [6.07, 6.45) is 9.15. The molecule has 0 amide bonds. The molecule has 0 aromatic carbocycles. The van der Waals surface area contributed by atoms with Crippen molar-refractivity contribution >= 4 is 177 Å². The first-order valence-corrected chi connectivity index (χ1v) is 109. The SMILES string of the molecule is C[Si](C)(CCCO)O[Si](CCC[Si](C)(C)O[Si](O[Si](C)(C)CCC[Si](O[Si](C)(C)CCCO)(O[Si](C)(C)CCCO)O[Si](C)(C)CCCO)(O[Si](C)(C)CCC[Si](O[Si](C)(C)CCCO)(O[Si](C)(C)CCCO)O[Si](C)(C)CCCO)O[Si](C)(C)CCC[Si](O[Si](C)(C)CCCO)(O[Si](C)(C)CCCO)O[Si](C)(C)CCCO)(O[Si](C)(C)CCCO)O[Si](C)(C)CCCO. The first-order chi connectivity index (χ1) is 58.9. The van der Waals surface area contributed by atoms with Crippen LogP contribution in [0, 0.1) is 0 Å². The molecule has 12 N–H and O–H groups in total. The van der Waals surface area contributed by atoms with E-state index in [0.717, 1.165) is 0 Å². The highest BCUT2D eigenvalue weighted by molar-refractivity contribution is 6.96. The van der Waals surface area contributed by atoms with E-state index in [9.17, 15) is 61.3 Å². The Morgan fingerprint density at radius 1 is 0.109 bits per heavy atom. The number of rotatable bonds is 84. The van der Waals surface area contributed by atoms with Gasteiger partial charge < -0.3 is 127 Å². The first kappa shape index (κ1) is 132. The van der Waals surface area contributed by atoms with Gasteiger partial charge in [0.2, 0.25) is 0 Å². The smallest absolute Gasteiger partial charge is 0.417 e. The summed E-state index contributed by atoms with van der Waals surface area (Å²) in [5.74, 6) is 0. The van der Waals surface area contributed by atoms with Crippen LogP contribution in [-0.2, 0) is 65.8 Å². The summed E-state index contributed by atoms with van der Waals surface area (Å²) in [5.41, 5.74) is 0. The van der Waals surface area contributed by atoms with Crippen molar-refractivity contribution in [3.8, 4) is 0 Å². The Labute approximate surface area is 810 Å². The molecule has 0 saturated heterocycles. The molecule has 0 atom stereocenters. The summed E-state index contributed by atoms with van der Waals surface area (Å²) in [6.45, 7) is 71.0. The molecule has 129 heavy (non-hydrogen) atoms. The number of aliphatic hydroxyl groups is 12. The monoisotopic (exact) mass is 2200 g/mol. The highest BCUT2D eigenvalue weighted by atomic mass is 28.6. The second-order valence-electron chi connectivity index (χ2n) is 46.4. The Balaban J connectivity index is 10.4. The zero-order valence-corrected chi connectivity index (χ0v) is 109. The van der Waals surface area contributed by atoms with Crippen molar-refractivity contribution in [3.63, 3.8) is 0 Å². The molecule has 0 fully saturated rings. The van der Waals surface area contributed by atoms with Crippen LogP contribution in [-0.4, -0.2) is 318 Å². The van der Waals surface area contributed by atoms with E-state index in [0.29, 0.717) is 224 Å². The van der Waals surface area contributed by atoms with E-state index >= 15 is 0 Å². The molecule has 776 valence electrons. The molecule has 0 aromatic heterocycles. The largest absolute Gasteiger partial charge is 0.636 e. The molecule has 0 rings (SSSR count). The van der Waals surface area contributed by atoms with Crippen molar-refractivity contribution in [2.75, 3.05) is 79.3 Å². The predicted octanol–water partition coefficient (Wildman–Crippen LogP) is 18.9. The van der Waals surface area contributed by atoms with E-state index in [2.05, 4.69) is 210 Å². The summed E-state index contributed by atoms with van der Waals surface area (Å²) in [5, 5.41) is 124. The van der Waals surface area contributed by atoms with Crippen LogP contribution in [0.2, 0.25) is 330 Å². The molecule has 0 aliphatic heterocycles. The minimum atomic E-state index is -4.64. The lowest BCUT2D eigenvalue weighted by atomic mass is 10.5. The van der Waals surface area contributed by atoms with Gasteiger partial charge in [-0.3, -0.25) is 0 Å². The van der Waals surface area contributed by atoms with Gasteiger partial charge >= 0.3 is 44.3 Å². The third-order valence-corrected chi connectivity index (χ3v) is 106. The summed E-state index contributed by atoms with van der Waals surface area (Å²) >= 11 is 0. The Hall–Kier alpha value is 3.43. The minimum Gasteiger partial charge on any atom is -0.417 e. The number of hydrogen-bond acceptors (Lipinski definition) is 28. The maximum atomic E-state index is 10.4. The van der Waals surface area contributed by atoms with Crippen molar-refractivity contribution in [1.29, 1.82) is 0 Å². The normalized spacial score (nSPS) is 14.8. The molecular weight excluding hydrogens is 2000 g/mol. The molecule has 28 nitrogen and oxygen atoms in total. The van der Waals surface area contributed by atoms with Crippen LogP contribution < -0.4 is 0 Å². The second-order valence-corrected chi connectivity index (χ2v) is 132. The Morgan fingerprint density at radius 3 is 0.271 bits per heavy atom. The Kier molecular flexibility index (Phi) is 61.4. The number of hydrogen-bond donors (Lipinski definition) is 12. The van der Waals surface area contributed by atoms with Crippen LogP contribution in [0.1, 0.15) is 103 Å². The van der Waals surface area contributed by atoms with Gasteiger partial charge in [-0.25, -0.2) is 0 Å². The lowest BCUT2D eigenvalue weighted by molar-refractivity contribution is 0.145. The first-order valence-electron chi connectivity index (χ1n) is 49.4. The van der Waals surface area contributed by atoms with Crippen molar-refractivity contribution in [3.05, 3.63) is 0 Å². The van der Waals surface area contributed by atoms with Gasteiger partial charge in [-0.1, -0.05) is 0 Å². The summed E-state index contributed by atoms with van der Waals surface area (Å²) in [4.78, 5) is 0. The standard InChI is InChI=1S/C80H204O28Si21/c1-109(2,61-33-49-81)93-125(94-110(3,4)62-34-50-82,95-111(5,6)63-35-51-83)77-45-73-121(25,26)105-129(106-122(27,28)74-46-78-126(96-112(7,8)64-36-52-84,97-113(9,10)65-37-53-85)98-114(11,12)66-38-54-86,107-123(29,30)75-47-79-127(99-115(13,14)67-39-55-87,100-116(15,16)68-40-56-88)101-117(17,18)69-41-57-89)108-124(31,32)76-48-80-128(102-118(19,20)70-42-58-90,103-119(21,22)71-43-59-91)104-120(23,24)72-44-60-92/h81-92H,33-80H2,1-32H3. The van der Waals surface area contributed by atoms with E-state index in [-0.39, 0.29) is 79.3 Å². The summed E-state index contributed by atoms with van der Waals surface area (Å²) in [6, 6.07) is 12.4. The van der Waals surface area contributed by atoms with Gasteiger partial charge in [0.05, 0.1) is 0 Å². The molecule has 0 aliphatic rings. The molecule has 49 heteroatoms. The minimum absolute atomic E-state index is 0.0214. The third-order valence-electron chi connectivity index (χ3n) is 23.1. The zero-order valence-electron chi connectivity index (χ0n) is 88.3. The lowest BCUT2D eigenvalue weighted by Gasteiger charge is -2.47. The highest BCUT2D eigenvalue weighted by Crippen LogP contribution is 2.45. The predicted molar refractivity (Wildman–Crippen MR) is 581 cm³/mol. The Morgan fingerprint density at radius 2 is 0.186 bits per heavy atom. The van der Waals surface area contributed by atoms with Crippen molar-refractivity contribution < 1.29 is 127 Å². The summed E-state index contributed by atoms with van der Waals surface area (Å²) < 4.78 is 126. The van der Waals surface area contributed by atoms with Crippen LogP contribution in [0.3, 0.4) is 0 Å². The third kappa shape index (κ3) is 60.1. The van der Waals surface area contributed by atoms with Gasteiger partial charge in [-0.15, -0.1) is 0 Å². The Bertz CT molecular complexity index is 2370. The highest BCUT2D eigenvalue weighted by Gasteiger charge is 2.62. The molecule has 0 aromatic rings. The zero-order chi connectivity index (χ0) is 99.8. The second kappa shape index (κ2) is 59.8. The van der Waals surface area contributed by atoms with Gasteiger partial charge in [0.1, 0.15) is 0 Å². The van der Waals surface area contributed by atoms with Crippen LogP contribution in [0.25, 0.3) is 0 Å². The number of aliphatic hydroxyl groups excluding tert-OH is 12. The van der Waals surface area contributed by atoms with Crippen LogP contribution >= 0.6 is 0 Å². The topological polar surface area (TPSA) is 390 Å². The van der Waals surface area contributed by atoms with E-state index in [1.165, 1.54) is 0 Å². The van der Waals surface area contributed by atoms with Gasteiger partial charge in [0, 0.05) is 103 Å². The molecule has 0 radical (unpaired) electrons. The van der Waals surface area contributed by atoms with Crippen molar-refractivity contribution in [2.24, 2.45) is 0 Å². The average Bonchev–Trinajstić information content (AvgIpc) is 0.766. The van der Waals surface area contributed by atoms with Crippen molar-refractivity contribution in [1.82, 2.24) is 0 Å².